The maximum atomic E-state index is 12.4. The first-order valence-corrected chi connectivity index (χ1v) is 9.43. The van der Waals surface area contributed by atoms with Crippen LogP contribution in [0, 0.1) is 5.92 Å². The van der Waals surface area contributed by atoms with Gasteiger partial charge in [0.05, 0.1) is 4.88 Å². The van der Waals surface area contributed by atoms with Crippen molar-refractivity contribution in [3.05, 3.63) is 28.8 Å². The number of fused-ring (bicyclic) bond motifs is 1. The maximum absolute atomic E-state index is 12.4. The predicted octanol–water partition coefficient (Wildman–Crippen LogP) is 2.90. The number of amides is 2. The van der Waals surface area contributed by atoms with Crippen molar-refractivity contribution in [3.63, 3.8) is 0 Å². The second kappa shape index (κ2) is 6.16. The Hall–Kier alpha value is -1.95. The van der Waals surface area contributed by atoms with E-state index in [1.54, 1.807) is 6.20 Å². The molecule has 2 fully saturated rings. The van der Waals surface area contributed by atoms with Gasteiger partial charge in [-0.25, -0.2) is 4.98 Å². The molecule has 1 saturated heterocycles. The van der Waals surface area contributed by atoms with Crippen molar-refractivity contribution in [1.29, 1.82) is 0 Å². The van der Waals surface area contributed by atoms with Crippen molar-refractivity contribution in [1.82, 2.24) is 9.88 Å². The number of aromatic nitrogens is 1. The first kappa shape index (κ1) is 15.6. The van der Waals surface area contributed by atoms with Gasteiger partial charge < -0.3 is 10.6 Å². The molecule has 126 valence electrons. The number of primary amides is 1. The molecule has 0 aromatic carbocycles. The fraction of sp³-hybridized carbons (Fsp3) is 0.500. The highest BCUT2D eigenvalue weighted by molar-refractivity contribution is 7.20. The van der Waals surface area contributed by atoms with E-state index in [4.69, 9.17) is 5.73 Å². The largest absolute Gasteiger partial charge is 0.365 e. The molecule has 3 heterocycles. The van der Waals surface area contributed by atoms with Crippen LogP contribution in [0.5, 0.6) is 0 Å². The molecule has 6 heteroatoms. The lowest BCUT2D eigenvalue weighted by Gasteiger charge is -2.36. The summed E-state index contributed by atoms with van der Waals surface area (Å²) in [5.41, 5.74) is 6.65. The van der Waals surface area contributed by atoms with Gasteiger partial charge in [-0.2, -0.15) is 0 Å². The molecule has 1 aliphatic heterocycles. The van der Waals surface area contributed by atoms with E-state index in [0.717, 1.165) is 54.6 Å². The summed E-state index contributed by atoms with van der Waals surface area (Å²) in [5.74, 6) is 0.484. The molecule has 2 amide bonds. The molecule has 2 aromatic heterocycles. The Balaban J connectivity index is 1.57. The van der Waals surface area contributed by atoms with Crippen LogP contribution in [0.25, 0.3) is 10.2 Å². The van der Waals surface area contributed by atoms with Gasteiger partial charge in [0.1, 0.15) is 4.83 Å². The van der Waals surface area contributed by atoms with Crippen LogP contribution in [0.4, 0.5) is 0 Å². The summed E-state index contributed by atoms with van der Waals surface area (Å²) >= 11 is 1.38. The fourth-order valence-corrected chi connectivity index (χ4v) is 4.92. The Morgan fingerprint density at radius 3 is 2.58 bits per heavy atom. The SMILES string of the molecule is NC(=O)c1sc2ncccc2c1C1CCN(C(=O)C2CCC2)CC1. The molecular formula is C18H21N3O2S. The molecule has 1 saturated carbocycles. The number of pyridine rings is 1. The van der Waals surface area contributed by atoms with E-state index in [9.17, 15) is 9.59 Å². The van der Waals surface area contributed by atoms with Gasteiger partial charge in [0.2, 0.25) is 5.91 Å². The van der Waals surface area contributed by atoms with Crippen LogP contribution in [-0.4, -0.2) is 34.8 Å². The third-order valence-corrected chi connectivity index (χ3v) is 6.54. The van der Waals surface area contributed by atoms with Gasteiger partial charge in [0.15, 0.2) is 0 Å². The summed E-state index contributed by atoms with van der Waals surface area (Å²) in [6.07, 6.45) is 6.80. The van der Waals surface area contributed by atoms with Gasteiger partial charge in [-0.1, -0.05) is 12.5 Å². The molecule has 2 N–H and O–H groups in total. The number of carbonyl (C=O) groups excluding carboxylic acids is 2. The number of nitrogens with two attached hydrogens (primary N) is 1. The van der Waals surface area contributed by atoms with Crippen molar-refractivity contribution < 1.29 is 9.59 Å². The van der Waals surface area contributed by atoms with Crippen molar-refractivity contribution in [2.45, 2.75) is 38.0 Å². The third-order valence-electron chi connectivity index (χ3n) is 5.40. The van der Waals surface area contributed by atoms with Gasteiger partial charge in [0, 0.05) is 30.6 Å². The highest BCUT2D eigenvalue weighted by atomic mass is 32.1. The first-order chi connectivity index (χ1) is 11.6. The van der Waals surface area contributed by atoms with Crippen LogP contribution in [-0.2, 0) is 4.79 Å². The van der Waals surface area contributed by atoms with Gasteiger partial charge in [-0.05, 0) is 43.2 Å². The molecule has 0 spiro atoms. The predicted molar refractivity (Wildman–Crippen MR) is 94.0 cm³/mol. The zero-order chi connectivity index (χ0) is 16.7. The van der Waals surface area contributed by atoms with Crippen LogP contribution in [0.15, 0.2) is 18.3 Å². The smallest absolute Gasteiger partial charge is 0.259 e. The van der Waals surface area contributed by atoms with E-state index in [0.29, 0.717) is 10.8 Å². The van der Waals surface area contributed by atoms with Crippen LogP contribution in [0.3, 0.4) is 0 Å². The Bertz CT molecular complexity index is 789. The van der Waals surface area contributed by atoms with E-state index in [2.05, 4.69) is 4.98 Å². The first-order valence-electron chi connectivity index (χ1n) is 8.61. The number of carbonyl (C=O) groups is 2. The van der Waals surface area contributed by atoms with E-state index < -0.39 is 0 Å². The summed E-state index contributed by atoms with van der Waals surface area (Å²) in [7, 11) is 0. The fourth-order valence-electron chi connectivity index (χ4n) is 3.84. The molecular weight excluding hydrogens is 322 g/mol. The van der Waals surface area contributed by atoms with E-state index >= 15 is 0 Å². The summed E-state index contributed by atoms with van der Waals surface area (Å²) in [6.45, 7) is 1.55. The third kappa shape index (κ3) is 2.59. The minimum Gasteiger partial charge on any atom is -0.365 e. The molecule has 0 bridgehead atoms. The molecule has 0 radical (unpaired) electrons. The molecule has 5 nitrogen and oxygen atoms in total. The molecule has 2 aliphatic rings. The van der Waals surface area contributed by atoms with Crippen LogP contribution < -0.4 is 5.73 Å². The summed E-state index contributed by atoms with van der Waals surface area (Å²) in [6, 6.07) is 3.92. The number of hydrogen-bond acceptors (Lipinski definition) is 4. The molecule has 0 atom stereocenters. The second-order valence-corrected chi connectivity index (χ2v) is 7.79. The van der Waals surface area contributed by atoms with Crippen molar-refractivity contribution in [3.8, 4) is 0 Å². The van der Waals surface area contributed by atoms with Crippen molar-refractivity contribution >= 4 is 33.4 Å². The topological polar surface area (TPSA) is 76.3 Å². The van der Waals surface area contributed by atoms with Crippen LogP contribution in [0.1, 0.15) is 53.3 Å². The highest BCUT2D eigenvalue weighted by Gasteiger charge is 2.33. The van der Waals surface area contributed by atoms with E-state index in [-0.39, 0.29) is 17.7 Å². The average molecular weight is 343 g/mol. The monoisotopic (exact) mass is 343 g/mol. The Morgan fingerprint density at radius 2 is 1.96 bits per heavy atom. The molecule has 2 aromatic rings. The molecule has 4 rings (SSSR count). The summed E-state index contributed by atoms with van der Waals surface area (Å²) < 4.78 is 0. The van der Waals surface area contributed by atoms with Crippen LogP contribution >= 0.6 is 11.3 Å². The zero-order valence-corrected chi connectivity index (χ0v) is 14.3. The lowest BCUT2D eigenvalue weighted by Crippen LogP contribution is -2.43. The molecule has 1 aliphatic carbocycles. The number of thiophene rings is 1. The summed E-state index contributed by atoms with van der Waals surface area (Å²) in [5, 5.41) is 1.04. The number of rotatable bonds is 3. The van der Waals surface area contributed by atoms with Gasteiger partial charge in [-0.3, -0.25) is 9.59 Å². The normalized spacial score (nSPS) is 19.4. The minimum atomic E-state index is -0.374. The van der Waals surface area contributed by atoms with Crippen molar-refractivity contribution in [2.75, 3.05) is 13.1 Å². The highest BCUT2D eigenvalue weighted by Crippen LogP contribution is 2.40. The lowest BCUT2D eigenvalue weighted by molar-refractivity contribution is -0.139. The lowest BCUT2D eigenvalue weighted by atomic mass is 9.82. The Kier molecular flexibility index (Phi) is 4.00. The number of hydrogen-bond donors (Lipinski definition) is 1. The zero-order valence-electron chi connectivity index (χ0n) is 13.5. The number of piperidine rings is 1. The summed E-state index contributed by atoms with van der Waals surface area (Å²) in [4.78, 5) is 32.2. The second-order valence-electron chi connectivity index (χ2n) is 6.79. The van der Waals surface area contributed by atoms with E-state index in [1.165, 1.54) is 17.8 Å². The average Bonchev–Trinajstić information content (AvgIpc) is 2.93. The molecule has 0 unspecified atom stereocenters. The molecule has 24 heavy (non-hydrogen) atoms. The van der Waals surface area contributed by atoms with Gasteiger partial charge in [0.25, 0.3) is 5.91 Å². The van der Waals surface area contributed by atoms with Gasteiger partial charge >= 0.3 is 0 Å². The van der Waals surface area contributed by atoms with E-state index in [1.807, 2.05) is 17.0 Å². The number of likely N-dealkylation sites (tertiary alicyclic amines) is 1. The minimum absolute atomic E-state index is 0.258. The Morgan fingerprint density at radius 1 is 1.21 bits per heavy atom. The maximum Gasteiger partial charge on any atom is 0.259 e. The standard InChI is InChI=1S/C18H21N3O2S/c19-16(22)15-14(13-5-2-8-20-17(13)24-15)11-6-9-21(10-7-11)18(23)12-3-1-4-12/h2,5,8,11-12H,1,3-4,6-7,9-10H2,(H2,19,22). The van der Waals surface area contributed by atoms with Crippen molar-refractivity contribution in [2.24, 2.45) is 11.7 Å². The van der Waals surface area contributed by atoms with Crippen LogP contribution in [0.2, 0.25) is 0 Å². The quantitative estimate of drug-likeness (QED) is 0.931. The number of nitrogens with zero attached hydrogens (tertiary/aromatic N) is 2. The Labute approximate surface area is 144 Å². The van der Waals surface area contributed by atoms with Gasteiger partial charge in [-0.15, -0.1) is 11.3 Å².